The third kappa shape index (κ3) is 4.87. The molecule has 0 bridgehead atoms. The second-order valence-electron chi connectivity index (χ2n) is 5.60. The van der Waals surface area contributed by atoms with Crippen LogP contribution in [0, 0.1) is 5.82 Å². The van der Waals surface area contributed by atoms with Crippen LogP contribution in [0.4, 0.5) is 10.1 Å². The first-order valence-corrected chi connectivity index (χ1v) is 9.73. The lowest BCUT2D eigenvalue weighted by Crippen LogP contribution is -2.37. The number of ether oxygens (including phenoxy) is 1. The van der Waals surface area contributed by atoms with Gasteiger partial charge in [0.05, 0.1) is 16.8 Å². The van der Waals surface area contributed by atoms with E-state index in [9.17, 15) is 17.6 Å². The number of esters is 1. The van der Waals surface area contributed by atoms with E-state index in [1.165, 1.54) is 30.3 Å². The number of halogens is 3. The molecule has 0 aromatic heterocycles. The molecule has 0 saturated carbocycles. The van der Waals surface area contributed by atoms with Crippen molar-refractivity contribution in [2.24, 2.45) is 0 Å². The molecule has 2 aromatic carbocycles. The van der Waals surface area contributed by atoms with Crippen molar-refractivity contribution in [3.8, 4) is 0 Å². The first-order valence-electron chi connectivity index (χ1n) is 7.54. The molecule has 140 valence electrons. The molecule has 5 nitrogen and oxygen atoms in total. The fourth-order valence-electron chi connectivity index (χ4n) is 2.16. The summed E-state index contributed by atoms with van der Waals surface area (Å²) in [5.41, 5.74) is -0.0400. The molecular formula is C17H16Cl2FNO4S. The first-order chi connectivity index (χ1) is 12.1. The Bertz CT molecular complexity index is 919. The Hall–Kier alpha value is -1.83. The number of benzene rings is 2. The maximum atomic E-state index is 13.6. The van der Waals surface area contributed by atoms with Crippen molar-refractivity contribution in [1.82, 2.24) is 0 Å². The zero-order valence-electron chi connectivity index (χ0n) is 13.9. The zero-order valence-corrected chi connectivity index (χ0v) is 16.3. The summed E-state index contributed by atoms with van der Waals surface area (Å²) in [6.45, 7) is 2.62. The molecule has 0 aliphatic carbocycles. The molecule has 2 rings (SSSR count). The van der Waals surface area contributed by atoms with Gasteiger partial charge in [-0.25, -0.2) is 12.8 Å². The fraction of sp³-hybridized carbons (Fsp3) is 0.235. The number of hydrogen-bond acceptors (Lipinski definition) is 4. The monoisotopic (exact) mass is 419 g/mol. The molecule has 2 aromatic rings. The van der Waals surface area contributed by atoms with Gasteiger partial charge >= 0.3 is 5.97 Å². The Kier molecular flexibility index (Phi) is 6.49. The minimum Gasteiger partial charge on any atom is -0.462 e. The van der Waals surface area contributed by atoms with Crippen molar-refractivity contribution in [2.45, 2.75) is 24.8 Å². The molecule has 9 heteroatoms. The van der Waals surface area contributed by atoms with Crippen LogP contribution in [0.3, 0.4) is 0 Å². The standard InChI is InChI=1S/C17H16Cl2FNO4S/c1-11(2)25-17(22)10-21(14-5-3-4-13(20)9-14)26(23,24)16-8-12(18)6-7-15(16)19/h3-9,11H,10H2,1-2H3. The van der Waals surface area contributed by atoms with Crippen LogP contribution in [0.1, 0.15) is 13.8 Å². The molecule has 0 aliphatic heterocycles. The maximum absolute atomic E-state index is 13.6. The number of carbonyl (C=O) groups excluding carboxylic acids is 1. The van der Waals surface area contributed by atoms with Crippen LogP contribution in [0.15, 0.2) is 47.4 Å². The van der Waals surface area contributed by atoms with Crippen LogP contribution < -0.4 is 4.31 Å². The molecule has 0 heterocycles. The lowest BCUT2D eigenvalue weighted by atomic mass is 10.3. The van der Waals surface area contributed by atoms with Gasteiger partial charge in [-0.2, -0.15) is 0 Å². The number of rotatable bonds is 6. The van der Waals surface area contributed by atoms with E-state index >= 15 is 0 Å². The van der Waals surface area contributed by atoms with E-state index in [1.54, 1.807) is 13.8 Å². The van der Waals surface area contributed by atoms with Crippen LogP contribution in [0.2, 0.25) is 10.0 Å². The van der Waals surface area contributed by atoms with E-state index in [-0.39, 0.29) is 20.6 Å². The summed E-state index contributed by atoms with van der Waals surface area (Å²) < 4.78 is 45.6. The highest BCUT2D eigenvalue weighted by Crippen LogP contribution is 2.31. The maximum Gasteiger partial charge on any atom is 0.327 e. The molecule has 26 heavy (non-hydrogen) atoms. The summed E-state index contributed by atoms with van der Waals surface area (Å²) in [6.07, 6.45) is -0.436. The number of nitrogens with zero attached hydrogens (tertiary/aromatic N) is 1. The molecule has 0 saturated heterocycles. The zero-order chi connectivity index (χ0) is 19.5. The molecule has 0 spiro atoms. The van der Waals surface area contributed by atoms with Crippen molar-refractivity contribution >= 4 is 44.9 Å². The van der Waals surface area contributed by atoms with Crippen LogP contribution in [0.25, 0.3) is 0 Å². The number of anilines is 1. The molecule has 0 aliphatic rings. The van der Waals surface area contributed by atoms with E-state index in [0.717, 1.165) is 16.4 Å². The van der Waals surface area contributed by atoms with Crippen LogP contribution in [-0.2, 0) is 19.6 Å². The van der Waals surface area contributed by atoms with Gasteiger partial charge in [-0.05, 0) is 50.2 Å². The average Bonchev–Trinajstić information content (AvgIpc) is 2.54. The Morgan fingerprint density at radius 1 is 1.19 bits per heavy atom. The number of sulfonamides is 1. The highest BCUT2D eigenvalue weighted by Gasteiger charge is 2.30. The SMILES string of the molecule is CC(C)OC(=O)CN(c1cccc(F)c1)S(=O)(=O)c1cc(Cl)ccc1Cl. The van der Waals surface area contributed by atoms with Gasteiger partial charge in [0.25, 0.3) is 10.0 Å². The van der Waals surface area contributed by atoms with E-state index in [2.05, 4.69) is 0 Å². The summed E-state index contributed by atoms with van der Waals surface area (Å²) in [5, 5.41) is 0.0740. The Labute approximate surface area is 161 Å². The van der Waals surface area contributed by atoms with Crippen molar-refractivity contribution in [2.75, 3.05) is 10.8 Å². The summed E-state index contributed by atoms with van der Waals surface area (Å²) >= 11 is 11.9. The molecular weight excluding hydrogens is 404 g/mol. The summed E-state index contributed by atoms with van der Waals surface area (Å²) in [4.78, 5) is 11.8. The third-order valence-corrected chi connectivity index (χ3v) is 5.69. The second-order valence-corrected chi connectivity index (χ2v) is 8.28. The van der Waals surface area contributed by atoms with Gasteiger partial charge in [0.2, 0.25) is 0 Å². The number of hydrogen-bond donors (Lipinski definition) is 0. The quantitative estimate of drug-likeness (QED) is 0.655. The molecule has 0 unspecified atom stereocenters. The van der Waals surface area contributed by atoms with Gasteiger partial charge in [0.15, 0.2) is 0 Å². The predicted molar refractivity (Wildman–Crippen MR) is 98.6 cm³/mol. The molecule has 0 N–H and O–H groups in total. The van der Waals surface area contributed by atoms with Crippen LogP contribution >= 0.6 is 23.2 Å². The van der Waals surface area contributed by atoms with Gasteiger partial charge < -0.3 is 4.74 Å². The Balaban J connectivity index is 2.55. The van der Waals surface area contributed by atoms with Gasteiger partial charge in [-0.15, -0.1) is 0 Å². The van der Waals surface area contributed by atoms with E-state index < -0.39 is 34.5 Å². The number of carbonyl (C=O) groups is 1. The van der Waals surface area contributed by atoms with Gasteiger partial charge in [-0.1, -0.05) is 29.3 Å². The highest BCUT2D eigenvalue weighted by atomic mass is 35.5. The normalized spacial score (nSPS) is 11.5. The lowest BCUT2D eigenvalue weighted by molar-refractivity contribution is -0.145. The van der Waals surface area contributed by atoms with E-state index in [4.69, 9.17) is 27.9 Å². The van der Waals surface area contributed by atoms with Crippen molar-refractivity contribution in [3.63, 3.8) is 0 Å². The molecule has 0 fully saturated rings. The average molecular weight is 420 g/mol. The van der Waals surface area contributed by atoms with Crippen molar-refractivity contribution in [3.05, 3.63) is 58.3 Å². The molecule has 0 radical (unpaired) electrons. The smallest absolute Gasteiger partial charge is 0.327 e. The summed E-state index contributed by atoms with van der Waals surface area (Å²) in [6, 6.07) is 8.78. The second kappa shape index (κ2) is 8.24. The minimum absolute atomic E-state index is 0.0400. The lowest BCUT2D eigenvalue weighted by Gasteiger charge is -2.24. The van der Waals surface area contributed by atoms with E-state index in [0.29, 0.717) is 0 Å². The van der Waals surface area contributed by atoms with Gasteiger partial charge in [0.1, 0.15) is 17.3 Å². The summed E-state index contributed by atoms with van der Waals surface area (Å²) in [5.74, 6) is -1.44. The Morgan fingerprint density at radius 2 is 1.88 bits per heavy atom. The van der Waals surface area contributed by atoms with Crippen LogP contribution in [-0.4, -0.2) is 27.0 Å². The van der Waals surface area contributed by atoms with Crippen molar-refractivity contribution < 1.29 is 22.3 Å². The van der Waals surface area contributed by atoms with E-state index in [1.807, 2.05) is 0 Å². The topological polar surface area (TPSA) is 63.7 Å². The van der Waals surface area contributed by atoms with Crippen molar-refractivity contribution in [1.29, 1.82) is 0 Å². The fourth-order valence-corrected chi connectivity index (χ4v) is 4.30. The summed E-state index contributed by atoms with van der Waals surface area (Å²) in [7, 11) is -4.31. The van der Waals surface area contributed by atoms with Gasteiger partial charge in [-0.3, -0.25) is 9.10 Å². The highest BCUT2D eigenvalue weighted by molar-refractivity contribution is 7.93. The van der Waals surface area contributed by atoms with Gasteiger partial charge in [0, 0.05) is 5.02 Å². The molecule has 0 amide bonds. The minimum atomic E-state index is -4.31. The third-order valence-electron chi connectivity index (χ3n) is 3.20. The first kappa shape index (κ1) is 20.5. The largest absolute Gasteiger partial charge is 0.462 e. The predicted octanol–water partition coefficient (Wildman–Crippen LogP) is 4.28. The Morgan fingerprint density at radius 3 is 2.50 bits per heavy atom. The molecule has 0 atom stereocenters. The van der Waals surface area contributed by atoms with Crippen LogP contribution in [0.5, 0.6) is 0 Å².